The lowest BCUT2D eigenvalue weighted by Gasteiger charge is -2.31. The van der Waals surface area contributed by atoms with Crippen LogP contribution in [0.4, 0.5) is 24.5 Å². The van der Waals surface area contributed by atoms with Gasteiger partial charge in [-0.25, -0.2) is 0 Å². The summed E-state index contributed by atoms with van der Waals surface area (Å²) in [6.07, 6.45) is -1.46. The minimum Gasteiger partial charge on any atom is -0.484 e. The van der Waals surface area contributed by atoms with Gasteiger partial charge in [0.1, 0.15) is 5.75 Å². The normalized spacial score (nSPS) is 14.6. The maximum atomic E-state index is 13.1. The molecule has 0 bridgehead atoms. The van der Waals surface area contributed by atoms with Gasteiger partial charge in [-0.1, -0.05) is 11.6 Å². The van der Waals surface area contributed by atoms with E-state index in [9.17, 15) is 18.0 Å². The molecule has 1 heterocycles. The Bertz CT molecular complexity index is 819. The van der Waals surface area contributed by atoms with E-state index < -0.39 is 17.6 Å². The Morgan fingerprint density at radius 2 is 1.75 bits per heavy atom. The number of nitrogens with zero attached hydrogens (tertiary/aromatic N) is 1. The molecule has 1 saturated heterocycles. The molecule has 3 rings (SSSR count). The lowest BCUT2D eigenvalue weighted by Crippen LogP contribution is -2.31. The van der Waals surface area contributed by atoms with E-state index >= 15 is 0 Å². The third-order valence-corrected chi connectivity index (χ3v) is 4.73. The molecule has 0 spiro atoms. The van der Waals surface area contributed by atoms with Crippen LogP contribution in [0.25, 0.3) is 0 Å². The summed E-state index contributed by atoms with van der Waals surface area (Å²) < 4.78 is 44.7. The van der Waals surface area contributed by atoms with Gasteiger partial charge in [-0.2, -0.15) is 13.2 Å². The van der Waals surface area contributed by atoms with Crippen molar-refractivity contribution in [3.8, 4) is 5.75 Å². The van der Waals surface area contributed by atoms with Crippen molar-refractivity contribution in [3.63, 3.8) is 0 Å². The zero-order valence-electron chi connectivity index (χ0n) is 15.1. The number of hydrogen-bond donors (Lipinski definition) is 1. The van der Waals surface area contributed by atoms with Crippen molar-refractivity contribution in [3.05, 3.63) is 53.1 Å². The fraction of sp³-hybridized carbons (Fsp3) is 0.350. The first-order valence-electron chi connectivity index (χ1n) is 8.97. The van der Waals surface area contributed by atoms with Gasteiger partial charge >= 0.3 is 6.18 Å². The summed E-state index contributed by atoms with van der Waals surface area (Å²) in [6.45, 7) is 1.17. The number of carbonyl (C=O) groups is 1. The molecule has 1 fully saturated rings. The fourth-order valence-corrected chi connectivity index (χ4v) is 3.22. The van der Waals surface area contributed by atoms with Gasteiger partial charge in [-0.05, 0) is 61.7 Å². The summed E-state index contributed by atoms with van der Waals surface area (Å²) in [5.74, 6) is -0.0904. The quantitative estimate of drug-likeness (QED) is 0.718. The van der Waals surface area contributed by atoms with Crippen LogP contribution in [-0.4, -0.2) is 25.6 Å². The molecule has 0 unspecified atom stereocenters. The smallest absolute Gasteiger partial charge is 0.416 e. The largest absolute Gasteiger partial charge is 0.484 e. The molecule has 28 heavy (non-hydrogen) atoms. The van der Waals surface area contributed by atoms with Crippen LogP contribution in [0, 0.1) is 0 Å². The number of alkyl halides is 3. The molecule has 0 radical (unpaired) electrons. The zero-order chi connectivity index (χ0) is 20.1. The van der Waals surface area contributed by atoms with Gasteiger partial charge < -0.3 is 15.0 Å². The van der Waals surface area contributed by atoms with E-state index in [1.165, 1.54) is 6.07 Å². The summed E-state index contributed by atoms with van der Waals surface area (Å²) in [4.78, 5) is 14.3. The fourth-order valence-electron chi connectivity index (χ4n) is 3.09. The molecular weight excluding hydrogens is 393 g/mol. The first-order valence-corrected chi connectivity index (χ1v) is 9.35. The van der Waals surface area contributed by atoms with E-state index in [1.54, 1.807) is 24.3 Å². The molecule has 0 aliphatic carbocycles. The summed E-state index contributed by atoms with van der Waals surface area (Å²) >= 11 is 5.79. The maximum absolute atomic E-state index is 13.1. The summed E-state index contributed by atoms with van der Waals surface area (Å²) in [7, 11) is 0. The highest BCUT2D eigenvalue weighted by atomic mass is 35.5. The Morgan fingerprint density at radius 1 is 1.07 bits per heavy atom. The Balaban J connectivity index is 1.75. The van der Waals surface area contributed by atoms with Crippen molar-refractivity contribution in [1.82, 2.24) is 0 Å². The molecule has 8 heteroatoms. The minimum absolute atomic E-state index is 0.140. The van der Waals surface area contributed by atoms with E-state index in [-0.39, 0.29) is 12.3 Å². The highest BCUT2D eigenvalue weighted by Crippen LogP contribution is 2.36. The minimum atomic E-state index is -4.49. The predicted octanol–water partition coefficient (Wildman–Crippen LogP) is 5.37. The summed E-state index contributed by atoms with van der Waals surface area (Å²) in [6, 6.07) is 9.90. The van der Waals surface area contributed by atoms with Crippen LogP contribution in [0.3, 0.4) is 0 Å². The average Bonchev–Trinajstić information content (AvgIpc) is 2.67. The molecule has 0 aromatic heterocycles. The summed E-state index contributed by atoms with van der Waals surface area (Å²) in [5.41, 5.74) is -0.0730. The standard InChI is InChI=1S/C20H20ClF3N2O2/c21-15-5-7-16(8-6-15)28-13-19(27)25-17-12-14(20(22,23)24)4-9-18(17)26-10-2-1-3-11-26/h4-9,12H,1-3,10-11,13H2,(H,25,27). The lowest BCUT2D eigenvalue weighted by atomic mass is 10.1. The lowest BCUT2D eigenvalue weighted by molar-refractivity contribution is -0.137. The van der Waals surface area contributed by atoms with Crippen LogP contribution in [0.5, 0.6) is 5.75 Å². The van der Waals surface area contributed by atoms with Crippen molar-refractivity contribution in [1.29, 1.82) is 0 Å². The van der Waals surface area contributed by atoms with Gasteiger partial charge in [0.05, 0.1) is 16.9 Å². The molecule has 1 aliphatic heterocycles. The molecule has 1 aliphatic rings. The van der Waals surface area contributed by atoms with E-state index in [1.807, 2.05) is 4.90 Å². The van der Waals surface area contributed by atoms with Crippen LogP contribution in [0.15, 0.2) is 42.5 Å². The summed E-state index contributed by atoms with van der Waals surface area (Å²) in [5, 5.41) is 3.10. The monoisotopic (exact) mass is 412 g/mol. The topological polar surface area (TPSA) is 41.6 Å². The van der Waals surface area contributed by atoms with Crippen LogP contribution in [-0.2, 0) is 11.0 Å². The second-order valence-corrected chi connectivity index (χ2v) is 7.00. The average molecular weight is 413 g/mol. The number of anilines is 2. The highest BCUT2D eigenvalue weighted by molar-refractivity contribution is 6.30. The van der Waals surface area contributed by atoms with Crippen LogP contribution in [0.2, 0.25) is 5.02 Å². The second-order valence-electron chi connectivity index (χ2n) is 6.57. The van der Waals surface area contributed by atoms with Crippen molar-refractivity contribution in [2.24, 2.45) is 0 Å². The Hall–Kier alpha value is -2.41. The number of halogens is 4. The van der Waals surface area contributed by atoms with Gasteiger partial charge in [0, 0.05) is 18.1 Å². The molecule has 1 N–H and O–H groups in total. The molecular formula is C20H20ClF3N2O2. The van der Waals surface area contributed by atoms with Gasteiger partial charge in [0.15, 0.2) is 6.61 Å². The highest BCUT2D eigenvalue weighted by Gasteiger charge is 2.31. The molecule has 0 atom stereocenters. The van der Waals surface area contributed by atoms with Crippen molar-refractivity contribution in [2.45, 2.75) is 25.4 Å². The van der Waals surface area contributed by atoms with Crippen LogP contribution < -0.4 is 15.0 Å². The van der Waals surface area contributed by atoms with Gasteiger partial charge in [0.25, 0.3) is 5.91 Å². The molecule has 2 aromatic rings. The van der Waals surface area contributed by atoms with E-state index in [0.717, 1.165) is 44.5 Å². The third-order valence-electron chi connectivity index (χ3n) is 4.48. The van der Waals surface area contributed by atoms with Gasteiger partial charge in [-0.3, -0.25) is 4.79 Å². The van der Waals surface area contributed by atoms with E-state index in [2.05, 4.69) is 5.32 Å². The first kappa shape index (κ1) is 20.3. The number of carbonyl (C=O) groups excluding carboxylic acids is 1. The molecule has 4 nitrogen and oxygen atoms in total. The zero-order valence-corrected chi connectivity index (χ0v) is 15.8. The van der Waals surface area contributed by atoms with E-state index in [0.29, 0.717) is 16.5 Å². The third kappa shape index (κ3) is 5.32. The molecule has 0 saturated carbocycles. The van der Waals surface area contributed by atoms with Crippen molar-refractivity contribution >= 4 is 28.9 Å². The van der Waals surface area contributed by atoms with Crippen LogP contribution >= 0.6 is 11.6 Å². The number of ether oxygens (including phenoxy) is 1. The SMILES string of the molecule is O=C(COc1ccc(Cl)cc1)Nc1cc(C(F)(F)F)ccc1N1CCCCC1. The predicted molar refractivity (Wildman–Crippen MR) is 103 cm³/mol. The molecule has 1 amide bonds. The number of piperidine rings is 1. The molecule has 2 aromatic carbocycles. The first-order chi connectivity index (χ1) is 13.3. The van der Waals surface area contributed by atoms with Gasteiger partial charge in [0.2, 0.25) is 0 Å². The number of benzene rings is 2. The Labute approximate surface area is 166 Å². The van der Waals surface area contributed by atoms with Gasteiger partial charge in [-0.15, -0.1) is 0 Å². The number of hydrogen-bond acceptors (Lipinski definition) is 3. The second kappa shape index (κ2) is 8.73. The number of nitrogens with one attached hydrogen (secondary N) is 1. The molecule has 150 valence electrons. The maximum Gasteiger partial charge on any atom is 0.416 e. The van der Waals surface area contributed by atoms with Crippen molar-refractivity contribution in [2.75, 3.05) is 29.9 Å². The Morgan fingerprint density at radius 3 is 2.39 bits per heavy atom. The number of rotatable bonds is 5. The van der Waals surface area contributed by atoms with Crippen LogP contribution in [0.1, 0.15) is 24.8 Å². The Kier molecular flexibility index (Phi) is 6.34. The number of amides is 1. The van der Waals surface area contributed by atoms with Crippen molar-refractivity contribution < 1.29 is 22.7 Å². The van der Waals surface area contributed by atoms with E-state index in [4.69, 9.17) is 16.3 Å².